The molecule has 2 aromatic rings. The van der Waals surface area contributed by atoms with E-state index in [1.165, 1.54) is 0 Å². The largest absolute Gasteiger partial charge is 0.481 e. The van der Waals surface area contributed by atoms with Gasteiger partial charge in [0.05, 0.1) is 6.42 Å². The number of carbonyl (C=O) groups is 1. The molecule has 0 saturated heterocycles. The van der Waals surface area contributed by atoms with Gasteiger partial charge in [0, 0.05) is 18.6 Å². The number of nitrogens with zero attached hydrogens (tertiary/aromatic N) is 2. The van der Waals surface area contributed by atoms with Gasteiger partial charge in [0.15, 0.2) is 0 Å². The normalized spacial score (nSPS) is 10.1. The highest BCUT2D eigenvalue weighted by Crippen LogP contribution is 2.08. The molecule has 2 rings (SSSR count). The van der Waals surface area contributed by atoms with Crippen LogP contribution in [0.1, 0.15) is 5.56 Å². The van der Waals surface area contributed by atoms with E-state index < -0.39 is 5.97 Å². The first-order valence-corrected chi connectivity index (χ1v) is 4.56. The van der Waals surface area contributed by atoms with Gasteiger partial charge in [-0.15, -0.1) is 0 Å². The van der Waals surface area contributed by atoms with Gasteiger partial charge in [-0.3, -0.25) is 4.79 Å². The van der Waals surface area contributed by atoms with Gasteiger partial charge < -0.3 is 9.67 Å². The lowest BCUT2D eigenvalue weighted by Gasteiger charge is -1.99. The highest BCUT2D eigenvalue weighted by atomic mass is 16.4. The van der Waals surface area contributed by atoms with E-state index in [4.69, 9.17) is 5.11 Å². The maximum absolute atomic E-state index is 10.5. The fourth-order valence-electron chi connectivity index (χ4n) is 1.37. The number of carboxylic acids is 1. The maximum atomic E-state index is 10.5. The third-order valence-electron chi connectivity index (χ3n) is 2.02. The van der Waals surface area contributed by atoms with Crippen LogP contribution in [0, 0.1) is 0 Å². The number of aromatic nitrogens is 2. The molecule has 0 radical (unpaired) electrons. The lowest BCUT2D eigenvalue weighted by atomic mass is 10.2. The summed E-state index contributed by atoms with van der Waals surface area (Å²) in [4.78, 5) is 14.6. The molecule has 4 heteroatoms. The van der Waals surface area contributed by atoms with Crippen LogP contribution in [-0.2, 0) is 11.2 Å². The van der Waals surface area contributed by atoms with E-state index in [1.807, 2.05) is 18.2 Å². The van der Waals surface area contributed by atoms with Gasteiger partial charge in [0.25, 0.3) is 0 Å². The average molecular weight is 202 g/mol. The predicted molar refractivity (Wildman–Crippen MR) is 54.9 cm³/mol. The first-order chi connectivity index (χ1) is 7.25. The molecule has 0 saturated carbocycles. The minimum Gasteiger partial charge on any atom is -0.481 e. The number of hydrogen-bond acceptors (Lipinski definition) is 2. The molecule has 0 bridgehead atoms. The Morgan fingerprint density at radius 1 is 1.40 bits per heavy atom. The van der Waals surface area contributed by atoms with Crippen molar-refractivity contribution in [3.8, 4) is 5.82 Å². The Morgan fingerprint density at radius 2 is 2.27 bits per heavy atom. The van der Waals surface area contributed by atoms with Gasteiger partial charge in [-0.25, -0.2) is 4.98 Å². The van der Waals surface area contributed by atoms with Crippen LogP contribution in [0.3, 0.4) is 0 Å². The van der Waals surface area contributed by atoms with Gasteiger partial charge in [-0.1, -0.05) is 6.07 Å². The Balaban J connectivity index is 2.24. The summed E-state index contributed by atoms with van der Waals surface area (Å²) in [6.07, 6.45) is 5.32. The third-order valence-corrected chi connectivity index (χ3v) is 2.02. The highest BCUT2D eigenvalue weighted by Gasteiger charge is 2.03. The summed E-state index contributed by atoms with van der Waals surface area (Å²) in [5.41, 5.74) is 0.771. The molecule has 0 unspecified atom stereocenters. The van der Waals surface area contributed by atoms with Gasteiger partial charge in [-0.05, 0) is 23.8 Å². The van der Waals surface area contributed by atoms with Crippen molar-refractivity contribution in [2.45, 2.75) is 6.42 Å². The van der Waals surface area contributed by atoms with Crippen molar-refractivity contribution >= 4 is 5.97 Å². The Kier molecular flexibility index (Phi) is 2.49. The summed E-state index contributed by atoms with van der Waals surface area (Å²) in [6.45, 7) is 0. The molecule has 0 aliphatic rings. The molecule has 15 heavy (non-hydrogen) atoms. The molecule has 0 atom stereocenters. The third kappa shape index (κ3) is 2.22. The number of carboxylic acid groups (broad SMARTS) is 1. The van der Waals surface area contributed by atoms with Crippen molar-refractivity contribution in [2.24, 2.45) is 0 Å². The molecule has 2 heterocycles. The molecule has 0 fully saturated rings. The van der Waals surface area contributed by atoms with Gasteiger partial charge in [0.1, 0.15) is 5.82 Å². The second kappa shape index (κ2) is 3.96. The fourth-order valence-corrected chi connectivity index (χ4v) is 1.37. The number of hydrogen-bond donors (Lipinski definition) is 1. The van der Waals surface area contributed by atoms with Crippen LogP contribution in [0.15, 0.2) is 42.9 Å². The molecule has 1 N–H and O–H groups in total. The minimum atomic E-state index is -0.825. The Labute approximate surface area is 86.8 Å². The zero-order valence-electron chi connectivity index (χ0n) is 8.00. The lowest BCUT2D eigenvalue weighted by Crippen LogP contribution is -1.99. The first kappa shape index (κ1) is 9.45. The van der Waals surface area contributed by atoms with Gasteiger partial charge in [-0.2, -0.15) is 0 Å². The van der Waals surface area contributed by atoms with E-state index in [0.29, 0.717) is 0 Å². The summed E-state index contributed by atoms with van der Waals surface area (Å²) in [5, 5.41) is 8.62. The summed E-state index contributed by atoms with van der Waals surface area (Å²) in [6, 6.07) is 7.37. The topological polar surface area (TPSA) is 55.1 Å². The molecular weight excluding hydrogens is 192 g/mol. The van der Waals surface area contributed by atoms with Crippen LogP contribution in [-0.4, -0.2) is 20.6 Å². The fraction of sp³-hybridized carbons (Fsp3) is 0.0909. The van der Waals surface area contributed by atoms with Crippen molar-refractivity contribution in [1.82, 2.24) is 9.55 Å². The van der Waals surface area contributed by atoms with Crippen LogP contribution in [0.4, 0.5) is 0 Å². The van der Waals surface area contributed by atoms with E-state index in [2.05, 4.69) is 4.98 Å². The predicted octanol–water partition coefficient (Wildman–Crippen LogP) is 1.50. The van der Waals surface area contributed by atoms with E-state index in [-0.39, 0.29) is 6.42 Å². The molecule has 0 aromatic carbocycles. The van der Waals surface area contributed by atoms with E-state index >= 15 is 0 Å². The summed E-state index contributed by atoms with van der Waals surface area (Å²) in [5.74, 6) is -0.0390. The van der Waals surface area contributed by atoms with Crippen molar-refractivity contribution in [2.75, 3.05) is 0 Å². The van der Waals surface area contributed by atoms with Crippen molar-refractivity contribution in [3.05, 3.63) is 48.4 Å². The monoisotopic (exact) mass is 202 g/mol. The number of aliphatic carboxylic acids is 1. The van der Waals surface area contributed by atoms with Crippen LogP contribution in [0.2, 0.25) is 0 Å². The Morgan fingerprint density at radius 3 is 2.93 bits per heavy atom. The number of pyridine rings is 1. The van der Waals surface area contributed by atoms with Crippen LogP contribution in [0.25, 0.3) is 5.82 Å². The van der Waals surface area contributed by atoms with Crippen LogP contribution >= 0.6 is 0 Å². The SMILES string of the molecule is O=C(O)Cc1ccn(-c2ccccn2)c1. The molecule has 0 aliphatic heterocycles. The number of rotatable bonds is 3. The molecule has 76 valence electrons. The van der Waals surface area contributed by atoms with Crippen molar-refractivity contribution in [1.29, 1.82) is 0 Å². The zero-order valence-corrected chi connectivity index (χ0v) is 8.00. The molecule has 0 aliphatic carbocycles. The highest BCUT2D eigenvalue weighted by molar-refractivity contribution is 5.70. The summed E-state index contributed by atoms with van der Waals surface area (Å²) >= 11 is 0. The average Bonchev–Trinajstić information content (AvgIpc) is 2.67. The smallest absolute Gasteiger partial charge is 0.307 e. The Bertz CT molecular complexity index is 462. The van der Waals surface area contributed by atoms with Crippen molar-refractivity contribution < 1.29 is 9.90 Å². The Hall–Kier alpha value is -2.10. The summed E-state index contributed by atoms with van der Waals surface area (Å²) in [7, 11) is 0. The van der Waals surface area contributed by atoms with E-state index in [0.717, 1.165) is 11.4 Å². The maximum Gasteiger partial charge on any atom is 0.307 e. The second-order valence-electron chi connectivity index (χ2n) is 3.19. The van der Waals surface area contributed by atoms with Crippen molar-refractivity contribution in [3.63, 3.8) is 0 Å². The van der Waals surface area contributed by atoms with Crippen LogP contribution < -0.4 is 0 Å². The molecule has 4 nitrogen and oxygen atoms in total. The summed E-state index contributed by atoms with van der Waals surface area (Å²) < 4.78 is 1.80. The quantitative estimate of drug-likeness (QED) is 0.820. The molecule has 0 amide bonds. The lowest BCUT2D eigenvalue weighted by molar-refractivity contribution is -0.136. The molecule has 0 spiro atoms. The molecular formula is C11H10N2O2. The standard InChI is InChI=1S/C11H10N2O2/c14-11(15)7-9-4-6-13(8-9)10-3-1-2-5-12-10/h1-6,8H,7H2,(H,14,15). The van der Waals surface area contributed by atoms with Crippen LogP contribution in [0.5, 0.6) is 0 Å². The van der Waals surface area contributed by atoms with Gasteiger partial charge >= 0.3 is 5.97 Å². The van der Waals surface area contributed by atoms with E-state index in [9.17, 15) is 4.79 Å². The van der Waals surface area contributed by atoms with E-state index in [1.54, 1.807) is 29.2 Å². The minimum absolute atomic E-state index is 0.0415. The van der Waals surface area contributed by atoms with Gasteiger partial charge in [0.2, 0.25) is 0 Å². The second-order valence-corrected chi connectivity index (χ2v) is 3.19. The molecule has 2 aromatic heterocycles. The zero-order chi connectivity index (χ0) is 10.7. The first-order valence-electron chi connectivity index (χ1n) is 4.56.